The first-order chi connectivity index (χ1) is 15.9. The minimum atomic E-state index is -0.160. The molecule has 2 unspecified atom stereocenters. The van der Waals surface area contributed by atoms with Crippen molar-refractivity contribution < 1.29 is 9.47 Å². The summed E-state index contributed by atoms with van der Waals surface area (Å²) in [6.07, 6.45) is 11.5. The van der Waals surface area contributed by atoms with Crippen molar-refractivity contribution >= 4 is 29.1 Å². The number of likely N-dealkylation sites (N-methyl/N-ethyl adjacent to an activating group) is 1. The molecule has 2 rings (SSSR count). The molecule has 4 atom stereocenters. The lowest BCUT2D eigenvalue weighted by Crippen LogP contribution is -2.54. The van der Waals surface area contributed by atoms with Gasteiger partial charge in [-0.25, -0.2) is 10.0 Å². The predicted molar refractivity (Wildman–Crippen MR) is 137 cm³/mol. The van der Waals surface area contributed by atoms with Crippen molar-refractivity contribution in [3.8, 4) is 0 Å². The first-order valence-electron chi connectivity index (χ1n) is 12.0. The number of hydrogen-bond acceptors (Lipinski definition) is 5. The standard InChI is InChI=1S/C24H41ClN6O2/c1-6-8-9-12-21(29(5)31(18-26)23-13-10-11-15-33-23)20(4)27-24(25)28-22(7-2)30-14-16-32-17-19(30)3/h6,8-9,18-21,23,26H,1,7,10-17H2,2-5H3/b9-8-,26-18?,27-24?,28-22?/t19-,20+,21?,23?/m0/s1. The fourth-order valence-electron chi connectivity index (χ4n) is 4.30. The normalized spacial score (nSPS) is 24.7. The van der Waals surface area contributed by atoms with Gasteiger partial charge in [0, 0.05) is 26.6 Å². The molecule has 1 N–H and O–H groups in total. The van der Waals surface area contributed by atoms with E-state index in [2.05, 4.69) is 36.4 Å². The Balaban J connectivity index is 2.22. The number of amidine groups is 2. The zero-order chi connectivity index (χ0) is 24.2. The molecule has 33 heavy (non-hydrogen) atoms. The second-order valence-electron chi connectivity index (χ2n) is 8.51. The monoisotopic (exact) mass is 480 g/mol. The Hall–Kier alpha value is -1.74. The van der Waals surface area contributed by atoms with Crippen molar-refractivity contribution in [3.63, 3.8) is 0 Å². The molecule has 0 radical (unpaired) electrons. The third-order valence-electron chi connectivity index (χ3n) is 6.18. The van der Waals surface area contributed by atoms with Gasteiger partial charge in [-0.1, -0.05) is 31.7 Å². The maximum absolute atomic E-state index is 8.01. The Bertz CT molecular complexity index is 707. The number of ether oxygens (including phenoxy) is 2. The van der Waals surface area contributed by atoms with E-state index in [1.54, 1.807) is 6.08 Å². The summed E-state index contributed by atoms with van der Waals surface area (Å²) in [5.41, 5.74) is 0. The van der Waals surface area contributed by atoms with E-state index < -0.39 is 0 Å². The number of hydrazine groups is 1. The molecule has 0 spiro atoms. The number of aliphatic imine (C=N–C) groups is 2. The van der Waals surface area contributed by atoms with Crippen LogP contribution in [-0.2, 0) is 9.47 Å². The molecule has 2 aliphatic heterocycles. The van der Waals surface area contributed by atoms with Crippen LogP contribution in [0.25, 0.3) is 0 Å². The Labute approximate surface area is 204 Å². The summed E-state index contributed by atoms with van der Waals surface area (Å²) in [5, 5.41) is 12.2. The van der Waals surface area contributed by atoms with Crippen molar-refractivity contribution in [1.29, 1.82) is 5.41 Å². The summed E-state index contributed by atoms with van der Waals surface area (Å²) in [5.74, 6) is 0.930. The molecule has 0 saturated carbocycles. The molecule has 2 heterocycles. The number of morpholine rings is 1. The number of nitrogens with one attached hydrogen (secondary N) is 1. The van der Waals surface area contributed by atoms with Crippen molar-refractivity contribution in [1.82, 2.24) is 14.9 Å². The van der Waals surface area contributed by atoms with Gasteiger partial charge in [-0.2, -0.15) is 0 Å². The Morgan fingerprint density at radius 2 is 2.15 bits per heavy atom. The molecule has 0 aliphatic carbocycles. The van der Waals surface area contributed by atoms with Crippen LogP contribution in [-0.4, -0.2) is 90.2 Å². The third-order valence-corrected chi connectivity index (χ3v) is 6.36. The van der Waals surface area contributed by atoms with Crippen LogP contribution in [0.1, 0.15) is 52.9 Å². The fraction of sp³-hybridized carbons (Fsp3) is 0.708. The topological polar surface area (TPSA) is 76.8 Å². The van der Waals surface area contributed by atoms with Crippen LogP contribution in [0.2, 0.25) is 0 Å². The van der Waals surface area contributed by atoms with Crippen LogP contribution in [0.5, 0.6) is 0 Å². The molecule has 0 aromatic heterocycles. The highest BCUT2D eigenvalue weighted by Gasteiger charge is 2.30. The highest BCUT2D eigenvalue weighted by molar-refractivity contribution is 6.65. The van der Waals surface area contributed by atoms with Crippen LogP contribution in [0.3, 0.4) is 0 Å². The van der Waals surface area contributed by atoms with Gasteiger partial charge in [-0.3, -0.25) is 15.4 Å². The molecule has 0 aromatic rings. The molecule has 2 fully saturated rings. The van der Waals surface area contributed by atoms with Crippen molar-refractivity contribution in [2.45, 2.75) is 77.2 Å². The Morgan fingerprint density at radius 3 is 2.76 bits per heavy atom. The molecule has 0 aromatic carbocycles. The van der Waals surface area contributed by atoms with Gasteiger partial charge in [-0.05, 0) is 51.1 Å². The summed E-state index contributed by atoms with van der Waals surface area (Å²) < 4.78 is 11.5. The first-order valence-corrected chi connectivity index (χ1v) is 12.4. The van der Waals surface area contributed by atoms with E-state index >= 15 is 0 Å². The highest BCUT2D eigenvalue weighted by Crippen LogP contribution is 2.21. The van der Waals surface area contributed by atoms with E-state index in [1.807, 2.05) is 30.1 Å². The van der Waals surface area contributed by atoms with E-state index in [-0.39, 0.29) is 29.6 Å². The van der Waals surface area contributed by atoms with Crippen LogP contribution in [0.15, 0.2) is 34.8 Å². The van der Waals surface area contributed by atoms with E-state index in [0.717, 1.165) is 51.1 Å². The predicted octanol–water partition coefficient (Wildman–Crippen LogP) is 4.28. The minimum absolute atomic E-state index is 0.0373. The minimum Gasteiger partial charge on any atom is -0.377 e. The van der Waals surface area contributed by atoms with Crippen LogP contribution >= 0.6 is 11.6 Å². The van der Waals surface area contributed by atoms with Gasteiger partial charge in [0.05, 0.1) is 37.7 Å². The second-order valence-corrected chi connectivity index (χ2v) is 8.85. The van der Waals surface area contributed by atoms with Crippen LogP contribution in [0.4, 0.5) is 0 Å². The summed E-state index contributed by atoms with van der Waals surface area (Å²) in [7, 11) is 1.98. The molecule has 9 heteroatoms. The lowest BCUT2D eigenvalue weighted by Gasteiger charge is -2.42. The van der Waals surface area contributed by atoms with E-state index in [0.29, 0.717) is 13.2 Å². The van der Waals surface area contributed by atoms with Crippen LogP contribution in [0, 0.1) is 5.41 Å². The number of rotatable bonds is 10. The lowest BCUT2D eigenvalue weighted by atomic mass is 10.1. The zero-order valence-corrected chi connectivity index (χ0v) is 21.4. The summed E-state index contributed by atoms with van der Waals surface area (Å²) in [6.45, 7) is 12.9. The van der Waals surface area contributed by atoms with Crippen molar-refractivity contribution in [2.75, 3.05) is 33.4 Å². The maximum atomic E-state index is 8.01. The van der Waals surface area contributed by atoms with Gasteiger partial charge in [0.15, 0.2) is 0 Å². The van der Waals surface area contributed by atoms with Gasteiger partial charge in [0.25, 0.3) is 0 Å². The zero-order valence-electron chi connectivity index (χ0n) is 20.6. The van der Waals surface area contributed by atoms with Gasteiger partial charge in [-0.15, -0.1) is 0 Å². The molecule has 0 amide bonds. The van der Waals surface area contributed by atoms with Gasteiger partial charge < -0.3 is 14.4 Å². The number of nitrogens with zero attached hydrogens (tertiary/aromatic N) is 5. The number of halogens is 1. The molecule has 186 valence electrons. The molecular formula is C24H41ClN6O2. The molecule has 2 aliphatic rings. The van der Waals surface area contributed by atoms with Gasteiger partial charge >= 0.3 is 0 Å². The van der Waals surface area contributed by atoms with Gasteiger partial charge in [0.1, 0.15) is 12.1 Å². The number of allylic oxidation sites excluding steroid dienone is 2. The second kappa shape index (κ2) is 14.5. The fourth-order valence-corrected chi connectivity index (χ4v) is 4.55. The first kappa shape index (κ1) is 27.5. The van der Waals surface area contributed by atoms with Crippen molar-refractivity contribution in [2.24, 2.45) is 9.98 Å². The van der Waals surface area contributed by atoms with Crippen molar-refractivity contribution in [3.05, 3.63) is 24.8 Å². The summed E-state index contributed by atoms with van der Waals surface area (Å²) in [4.78, 5) is 11.7. The highest BCUT2D eigenvalue weighted by atomic mass is 35.5. The van der Waals surface area contributed by atoms with E-state index in [9.17, 15) is 0 Å². The number of hydrogen-bond donors (Lipinski definition) is 1. The molecule has 2 saturated heterocycles. The third kappa shape index (κ3) is 8.21. The van der Waals surface area contributed by atoms with E-state index in [4.69, 9.17) is 31.5 Å². The average molecular weight is 481 g/mol. The molecule has 0 bridgehead atoms. The van der Waals surface area contributed by atoms with Crippen LogP contribution < -0.4 is 0 Å². The molecular weight excluding hydrogens is 440 g/mol. The molecule has 8 nitrogen and oxygen atoms in total. The SMILES string of the molecule is C=C/C=C\CC([C@@H](C)N=C(Cl)N=C(CC)N1CCOC[C@@H]1C)N(C)N(C=N)C1CCCCO1. The quantitative estimate of drug-likeness (QED) is 0.166. The summed E-state index contributed by atoms with van der Waals surface area (Å²) >= 11 is 6.56. The average Bonchev–Trinajstić information content (AvgIpc) is 2.82. The Morgan fingerprint density at radius 1 is 1.36 bits per heavy atom. The maximum Gasteiger partial charge on any atom is 0.219 e. The smallest absolute Gasteiger partial charge is 0.219 e. The largest absolute Gasteiger partial charge is 0.377 e. The van der Waals surface area contributed by atoms with E-state index in [1.165, 1.54) is 6.34 Å². The Kier molecular flexibility index (Phi) is 12.1. The lowest BCUT2D eigenvalue weighted by molar-refractivity contribution is -0.142. The summed E-state index contributed by atoms with van der Waals surface area (Å²) in [6, 6.07) is 0.0653. The van der Waals surface area contributed by atoms with Gasteiger partial charge in [0.2, 0.25) is 5.29 Å².